The van der Waals surface area contributed by atoms with Crippen LogP contribution in [0.15, 0.2) is 76.4 Å². The van der Waals surface area contributed by atoms with Gasteiger partial charge in [-0.25, -0.2) is 0 Å². The van der Waals surface area contributed by atoms with Crippen LogP contribution < -0.4 is 4.68 Å². The second-order valence-electron chi connectivity index (χ2n) is 6.31. The molecule has 1 aromatic heterocycles. The smallest absolute Gasteiger partial charge is 0.255 e. The summed E-state index contributed by atoms with van der Waals surface area (Å²) in [6, 6.07) is 20.2. The summed E-state index contributed by atoms with van der Waals surface area (Å²) in [5, 5.41) is 8.60. The zero-order valence-electron chi connectivity index (χ0n) is 15.3. The molecule has 0 aliphatic heterocycles. The molecule has 0 spiro atoms. The first kappa shape index (κ1) is 17.7. The number of guanidine groups is 1. The van der Waals surface area contributed by atoms with Crippen LogP contribution in [-0.4, -0.2) is 30.2 Å². The van der Waals surface area contributed by atoms with Gasteiger partial charge in [0.1, 0.15) is 0 Å². The number of hydrogen-bond acceptors (Lipinski definition) is 3. The van der Waals surface area contributed by atoms with E-state index in [-0.39, 0.29) is 6.04 Å². The van der Waals surface area contributed by atoms with Crippen molar-refractivity contribution in [3.63, 3.8) is 0 Å². The van der Waals surface area contributed by atoms with Crippen LogP contribution in [0.1, 0.15) is 18.5 Å². The fraction of sp³-hybridized carbons (Fsp3) is 0.250. The van der Waals surface area contributed by atoms with Crippen LogP contribution in [0, 0.1) is 0 Å². The number of para-hydroxylation sites is 1. The van der Waals surface area contributed by atoms with E-state index in [0.29, 0.717) is 11.8 Å². The van der Waals surface area contributed by atoms with Crippen molar-refractivity contribution in [1.29, 1.82) is 0 Å². The van der Waals surface area contributed by atoms with E-state index in [9.17, 15) is 0 Å². The Morgan fingerprint density at radius 2 is 1.77 bits per heavy atom. The van der Waals surface area contributed by atoms with Crippen molar-refractivity contribution in [3.8, 4) is 0 Å². The number of aromatic nitrogens is 2. The van der Waals surface area contributed by atoms with Gasteiger partial charge in [-0.15, -0.1) is 0 Å². The summed E-state index contributed by atoms with van der Waals surface area (Å²) in [6.07, 6.45) is 2.67. The highest BCUT2D eigenvalue weighted by Gasteiger charge is 2.19. The SMILES string of the molecule is CC(Cc1ccccc1)[n+]1cc([N-]C(=Nc2ccccc2)N(C)C)on1. The summed E-state index contributed by atoms with van der Waals surface area (Å²) in [5.41, 5.74) is 2.10. The quantitative estimate of drug-likeness (QED) is 0.397. The fourth-order valence-corrected chi connectivity index (χ4v) is 2.50. The first-order valence-corrected chi connectivity index (χ1v) is 8.56. The number of hydrogen-bond donors (Lipinski definition) is 0. The Hall–Kier alpha value is -3.15. The third kappa shape index (κ3) is 4.69. The highest BCUT2D eigenvalue weighted by atomic mass is 16.5. The van der Waals surface area contributed by atoms with Gasteiger partial charge in [0.15, 0.2) is 11.3 Å². The lowest BCUT2D eigenvalue weighted by molar-refractivity contribution is -0.782. The molecule has 0 fully saturated rings. The molecule has 6 heteroatoms. The zero-order chi connectivity index (χ0) is 18.4. The fourth-order valence-electron chi connectivity index (χ4n) is 2.50. The maximum absolute atomic E-state index is 5.38. The molecule has 6 nitrogen and oxygen atoms in total. The molecule has 1 heterocycles. The van der Waals surface area contributed by atoms with Crippen molar-refractivity contribution in [2.24, 2.45) is 4.99 Å². The third-order valence-electron chi connectivity index (χ3n) is 3.89. The van der Waals surface area contributed by atoms with Crippen LogP contribution in [0.3, 0.4) is 0 Å². The summed E-state index contributed by atoms with van der Waals surface area (Å²) >= 11 is 0. The van der Waals surface area contributed by atoms with Gasteiger partial charge >= 0.3 is 0 Å². The third-order valence-corrected chi connectivity index (χ3v) is 3.89. The van der Waals surface area contributed by atoms with Crippen molar-refractivity contribution < 1.29 is 9.20 Å². The number of nitrogens with zero attached hydrogens (tertiary/aromatic N) is 5. The van der Waals surface area contributed by atoms with Gasteiger partial charge < -0.3 is 15.2 Å². The maximum Gasteiger partial charge on any atom is 0.255 e. The highest BCUT2D eigenvalue weighted by molar-refractivity contribution is 5.98. The molecule has 0 radical (unpaired) electrons. The topological polar surface area (TPSA) is 59.6 Å². The van der Waals surface area contributed by atoms with Crippen LogP contribution in [0.4, 0.5) is 11.6 Å². The van der Waals surface area contributed by atoms with E-state index in [1.165, 1.54) is 5.56 Å². The summed E-state index contributed by atoms with van der Waals surface area (Å²) in [5.74, 6) is 0.975. The van der Waals surface area contributed by atoms with Gasteiger partial charge in [-0.1, -0.05) is 60.7 Å². The minimum absolute atomic E-state index is 0.166. The first-order chi connectivity index (χ1) is 12.6. The second-order valence-corrected chi connectivity index (χ2v) is 6.31. The van der Waals surface area contributed by atoms with Gasteiger partial charge in [-0.05, 0) is 30.0 Å². The normalized spacial score (nSPS) is 12.7. The zero-order valence-corrected chi connectivity index (χ0v) is 15.3. The molecule has 134 valence electrons. The lowest BCUT2D eigenvalue weighted by Crippen LogP contribution is -2.39. The van der Waals surface area contributed by atoms with E-state index >= 15 is 0 Å². The van der Waals surface area contributed by atoms with Crippen molar-refractivity contribution in [2.45, 2.75) is 19.4 Å². The van der Waals surface area contributed by atoms with Gasteiger partial charge in [0, 0.05) is 19.3 Å². The average Bonchev–Trinajstić information content (AvgIpc) is 3.12. The second kappa shape index (κ2) is 8.29. The molecule has 1 atom stereocenters. The van der Waals surface area contributed by atoms with Crippen LogP contribution >= 0.6 is 0 Å². The molecule has 0 N–H and O–H groups in total. The molecule has 1 unspecified atom stereocenters. The van der Waals surface area contributed by atoms with E-state index in [1.54, 1.807) is 10.9 Å². The lowest BCUT2D eigenvalue weighted by atomic mass is 10.1. The Kier molecular flexibility index (Phi) is 5.63. The molecule has 0 bridgehead atoms. The predicted octanol–water partition coefficient (Wildman–Crippen LogP) is 4.02. The maximum atomic E-state index is 5.38. The molecular weight excluding hydrogens is 326 g/mol. The van der Waals surface area contributed by atoms with Crippen LogP contribution in [0.25, 0.3) is 5.32 Å². The number of benzene rings is 2. The minimum atomic E-state index is 0.166. The first-order valence-electron chi connectivity index (χ1n) is 8.56. The Morgan fingerprint density at radius 1 is 1.12 bits per heavy atom. The van der Waals surface area contributed by atoms with Crippen molar-refractivity contribution in [3.05, 3.63) is 77.7 Å². The Morgan fingerprint density at radius 3 is 2.42 bits per heavy atom. The largest absolute Gasteiger partial charge is 0.432 e. The van der Waals surface area contributed by atoms with E-state index in [1.807, 2.05) is 67.5 Å². The van der Waals surface area contributed by atoms with Gasteiger partial charge in [0.05, 0.1) is 0 Å². The summed E-state index contributed by atoms with van der Waals surface area (Å²) in [6.45, 7) is 2.10. The summed E-state index contributed by atoms with van der Waals surface area (Å²) in [7, 11) is 3.79. The van der Waals surface area contributed by atoms with E-state index in [4.69, 9.17) is 4.52 Å². The van der Waals surface area contributed by atoms with Gasteiger partial charge in [0.25, 0.3) is 5.88 Å². The molecule has 0 saturated heterocycles. The number of aliphatic imine (C=N–C) groups is 1. The molecular formula is C20H23N5O. The van der Waals surface area contributed by atoms with Gasteiger partial charge in [-0.3, -0.25) is 4.52 Å². The van der Waals surface area contributed by atoms with E-state index < -0.39 is 0 Å². The Bertz CT molecular complexity index is 843. The highest BCUT2D eigenvalue weighted by Crippen LogP contribution is 2.20. The van der Waals surface area contributed by atoms with Crippen LogP contribution in [0.5, 0.6) is 0 Å². The number of rotatable bonds is 5. The van der Waals surface area contributed by atoms with E-state index in [0.717, 1.165) is 12.1 Å². The lowest BCUT2D eigenvalue weighted by Gasteiger charge is -2.24. The predicted molar refractivity (Wildman–Crippen MR) is 102 cm³/mol. The average molecular weight is 349 g/mol. The van der Waals surface area contributed by atoms with Crippen LogP contribution in [0.2, 0.25) is 0 Å². The van der Waals surface area contributed by atoms with Crippen molar-refractivity contribution in [2.75, 3.05) is 14.1 Å². The van der Waals surface area contributed by atoms with Gasteiger partial charge in [0.2, 0.25) is 6.20 Å². The molecule has 26 heavy (non-hydrogen) atoms. The molecule has 0 aliphatic carbocycles. The van der Waals surface area contributed by atoms with Gasteiger partial charge in [-0.2, -0.15) is 0 Å². The summed E-state index contributed by atoms with van der Waals surface area (Å²) in [4.78, 5) is 6.39. The Labute approximate surface area is 153 Å². The Balaban J connectivity index is 1.71. The van der Waals surface area contributed by atoms with E-state index in [2.05, 4.69) is 34.6 Å². The van der Waals surface area contributed by atoms with Crippen molar-refractivity contribution in [1.82, 2.24) is 10.2 Å². The monoisotopic (exact) mass is 349 g/mol. The molecule has 0 saturated carbocycles. The molecule has 0 aliphatic rings. The van der Waals surface area contributed by atoms with Crippen molar-refractivity contribution >= 4 is 17.5 Å². The molecule has 3 rings (SSSR count). The standard InChI is InChI=1S/C20H23N5O/c1-16(14-17-10-6-4-7-11-17)25-15-19(26-23-25)22-20(24(2)3)21-18-12-8-5-9-13-18/h4-13,15-16H,14H2,1-3H3. The minimum Gasteiger partial charge on any atom is -0.432 e. The summed E-state index contributed by atoms with van der Waals surface area (Å²) < 4.78 is 7.17. The molecule has 3 aromatic rings. The molecule has 2 aromatic carbocycles. The molecule has 0 amide bonds. The van der Waals surface area contributed by atoms with Crippen LogP contribution in [-0.2, 0) is 6.42 Å².